The number of pyridine rings is 1. The lowest BCUT2D eigenvalue weighted by Gasteiger charge is -2.66. The molecule has 3 unspecified atom stereocenters. The van der Waals surface area contributed by atoms with Crippen molar-refractivity contribution < 1.29 is 42.9 Å². The van der Waals surface area contributed by atoms with Gasteiger partial charge in [0.1, 0.15) is 40.6 Å². The number of ether oxygens (including phenoxy) is 4. The Morgan fingerprint density at radius 2 is 1.81 bits per heavy atom. The number of nitriles is 1. The van der Waals surface area contributed by atoms with Crippen LogP contribution in [0.5, 0.6) is 11.5 Å². The molecule has 2 N–H and O–H groups in total. The van der Waals surface area contributed by atoms with Crippen molar-refractivity contribution in [3.63, 3.8) is 0 Å². The van der Waals surface area contributed by atoms with Crippen LogP contribution in [0.15, 0.2) is 82.3 Å². The van der Waals surface area contributed by atoms with Crippen molar-refractivity contribution in [1.29, 1.82) is 5.26 Å². The molecule has 3 heterocycles. The zero-order valence-corrected chi connectivity index (χ0v) is 32.7. The average molecular weight is 776 g/mol. The number of hydrogen-bond donors (Lipinski definition) is 2. The number of rotatable bonds is 8. The van der Waals surface area contributed by atoms with E-state index in [0.717, 1.165) is 11.1 Å². The van der Waals surface area contributed by atoms with Crippen molar-refractivity contribution in [2.45, 2.75) is 84.3 Å². The maximum absolute atomic E-state index is 14.9. The Kier molecular flexibility index (Phi) is 10.2. The first-order valence-electron chi connectivity index (χ1n) is 18.9. The highest BCUT2D eigenvalue weighted by Gasteiger charge is 2.72. The molecule has 2 aliphatic carbocycles. The Balaban J connectivity index is 1.35. The molecule has 0 radical (unpaired) electrons. The fraction of sp³-hybridized carbons (Fsp3) is 0.409. The number of nitrogens with one attached hydrogen (secondary N) is 1. The molecule has 57 heavy (non-hydrogen) atoms. The van der Waals surface area contributed by atoms with Gasteiger partial charge in [-0.1, -0.05) is 19.1 Å². The smallest absolute Gasteiger partial charge is 0.345 e. The van der Waals surface area contributed by atoms with Gasteiger partial charge in [-0.05, 0) is 99.4 Å². The minimum Gasteiger partial charge on any atom is -0.496 e. The second kappa shape index (κ2) is 14.8. The third kappa shape index (κ3) is 6.71. The lowest BCUT2D eigenvalue weighted by atomic mass is 9.42. The first kappa shape index (κ1) is 39.2. The molecular formula is C44H45N3O10. The monoisotopic (exact) mass is 775 g/mol. The summed E-state index contributed by atoms with van der Waals surface area (Å²) in [6.45, 7) is 8.76. The Hall–Kier alpha value is -6.00. The molecule has 296 valence electrons. The van der Waals surface area contributed by atoms with Gasteiger partial charge in [0.15, 0.2) is 0 Å². The number of carbonyl (C=O) groups excluding carboxylic acids is 3. The highest BCUT2D eigenvalue weighted by Crippen LogP contribution is 2.67. The normalized spacial score (nSPS) is 28.6. The number of aromatic nitrogens is 1. The van der Waals surface area contributed by atoms with E-state index < -0.39 is 70.1 Å². The van der Waals surface area contributed by atoms with Gasteiger partial charge in [-0.3, -0.25) is 14.6 Å². The van der Waals surface area contributed by atoms with Crippen LogP contribution in [0.4, 0.5) is 0 Å². The van der Waals surface area contributed by atoms with Gasteiger partial charge >= 0.3 is 17.6 Å². The van der Waals surface area contributed by atoms with Crippen molar-refractivity contribution in [2.75, 3.05) is 7.11 Å². The van der Waals surface area contributed by atoms with E-state index in [9.17, 15) is 29.5 Å². The zero-order chi connectivity index (χ0) is 40.9. The van der Waals surface area contributed by atoms with E-state index in [1.807, 2.05) is 38.1 Å². The van der Waals surface area contributed by atoms with Crippen molar-refractivity contribution in [1.82, 2.24) is 10.3 Å². The first-order valence-corrected chi connectivity index (χ1v) is 18.9. The molecule has 1 amide bonds. The molecule has 3 aliphatic rings. The van der Waals surface area contributed by atoms with E-state index in [4.69, 9.17) is 23.4 Å². The van der Waals surface area contributed by atoms with Gasteiger partial charge in [0.05, 0.1) is 35.8 Å². The number of esters is 2. The van der Waals surface area contributed by atoms with Gasteiger partial charge < -0.3 is 33.8 Å². The standard InChI is InChI=1S/C44H45N3O10/c1-24-9-12-29(30(18-24)53-6)23-47-41(52)43(4)33-20-35(56-39(50)27-13-10-26(21-45)11-14-27)44(5)38(42(33,3)16-15-34(43)54-25(2)48)37(49)36-32(57-44)19-31(55-40(36)51)28-8-7-17-46-22-28/h7-14,17-19,22,33-35,37-38,49H,15-16,20,23H2,1-6H3,(H,47,52)/t33?,34-,35-,37?,38?,42-,43-,44+/m0/s1. The molecule has 0 bridgehead atoms. The minimum atomic E-state index is -1.49. The highest BCUT2D eigenvalue weighted by molar-refractivity contribution is 5.90. The second-order valence-electron chi connectivity index (χ2n) is 15.9. The van der Waals surface area contributed by atoms with Crippen molar-refractivity contribution in [3.8, 4) is 28.9 Å². The van der Waals surface area contributed by atoms with E-state index in [1.165, 1.54) is 43.5 Å². The van der Waals surface area contributed by atoms with Crippen LogP contribution in [0.1, 0.15) is 85.7 Å². The van der Waals surface area contributed by atoms with Gasteiger partial charge in [-0.15, -0.1) is 0 Å². The summed E-state index contributed by atoms with van der Waals surface area (Å²) in [4.78, 5) is 59.5. The molecule has 4 aromatic rings. The number of hydrogen-bond acceptors (Lipinski definition) is 12. The molecule has 13 nitrogen and oxygen atoms in total. The third-order valence-electron chi connectivity index (χ3n) is 12.6. The number of nitrogens with zero attached hydrogens (tertiary/aromatic N) is 2. The molecule has 2 saturated carbocycles. The highest BCUT2D eigenvalue weighted by atomic mass is 16.6. The van der Waals surface area contributed by atoms with Crippen LogP contribution >= 0.6 is 0 Å². The molecule has 8 atom stereocenters. The van der Waals surface area contributed by atoms with Crippen LogP contribution < -0.4 is 20.4 Å². The van der Waals surface area contributed by atoms with Gasteiger partial charge in [0, 0.05) is 49.0 Å². The fourth-order valence-corrected chi connectivity index (χ4v) is 9.80. The summed E-state index contributed by atoms with van der Waals surface area (Å²) in [5.74, 6) is -2.51. The Bertz CT molecular complexity index is 2320. The van der Waals surface area contributed by atoms with Crippen molar-refractivity contribution in [2.24, 2.45) is 22.7 Å². The molecule has 2 aromatic carbocycles. The van der Waals surface area contributed by atoms with Crippen LogP contribution in [-0.2, 0) is 25.6 Å². The van der Waals surface area contributed by atoms with Gasteiger partial charge in [0.2, 0.25) is 5.91 Å². The van der Waals surface area contributed by atoms with Crippen molar-refractivity contribution in [3.05, 3.63) is 111 Å². The predicted octanol–water partition coefficient (Wildman–Crippen LogP) is 5.99. The minimum absolute atomic E-state index is 0.0556. The number of carbonyl (C=O) groups is 3. The van der Waals surface area contributed by atoms with Crippen LogP contribution in [0, 0.1) is 40.9 Å². The predicted molar refractivity (Wildman–Crippen MR) is 205 cm³/mol. The summed E-state index contributed by atoms with van der Waals surface area (Å²) >= 11 is 0. The van der Waals surface area contributed by atoms with Gasteiger partial charge in [0.25, 0.3) is 0 Å². The summed E-state index contributed by atoms with van der Waals surface area (Å²) in [5, 5.41) is 24.9. The molecule has 2 aromatic heterocycles. The van der Waals surface area contributed by atoms with Crippen LogP contribution in [0.3, 0.4) is 0 Å². The molecule has 2 fully saturated rings. The number of aliphatic hydroxyl groups excluding tert-OH is 1. The molecule has 0 saturated heterocycles. The first-order chi connectivity index (χ1) is 27.1. The van der Waals surface area contributed by atoms with E-state index in [2.05, 4.69) is 10.3 Å². The number of amides is 1. The fourth-order valence-electron chi connectivity index (χ4n) is 9.80. The van der Waals surface area contributed by atoms with Crippen molar-refractivity contribution >= 4 is 17.8 Å². The number of aliphatic hydroxyl groups is 1. The molecule has 13 heteroatoms. The lowest BCUT2D eigenvalue weighted by molar-refractivity contribution is -0.258. The topological polar surface area (TPSA) is 187 Å². The number of benzene rings is 2. The number of aryl methyl sites for hydroxylation is 1. The second-order valence-corrected chi connectivity index (χ2v) is 15.9. The number of methoxy groups -OCH3 is 1. The molecule has 7 rings (SSSR count). The van der Waals surface area contributed by atoms with Gasteiger partial charge in [-0.25, -0.2) is 9.59 Å². The average Bonchev–Trinajstić information content (AvgIpc) is 3.18. The summed E-state index contributed by atoms with van der Waals surface area (Å²) < 4.78 is 30.5. The summed E-state index contributed by atoms with van der Waals surface area (Å²) in [7, 11) is 1.55. The van der Waals surface area contributed by atoms with Crippen LogP contribution in [0.25, 0.3) is 11.3 Å². The number of fused-ring (bicyclic) bond motifs is 4. The molecular weight excluding hydrogens is 730 g/mol. The van der Waals surface area contributed by atoms with Gasteiger partial charge in [-0.2, -0.15) is 5.26 Å². The summed E-state index contributed by atoms with van der Waals surface area (Å²) in [5.41, 5.74) is -2.01. The van der Waals surface area contributed by atoms with E-state index >= 15 is 0 Å². The Morgan fingerprint density at radius 3 is 2.47 bits per heavy atom. The zero-order valence-electron chi connectivity index (χ0n) is 32.7. The van der Waals surface area contributed by atoms with E-state index in [-0.39, 0.29) is 42.0 Å². The third-order valence-corrected chi connectivity index (χ3v) is 12.6. The summed E-state index contributed by atoms with van der Waals surface area (Å²) in [6, 6.07) is 18.6. The van der Waals surface area contributed by atoms with E-state index in [0.29, 0.717) is 23.3 Å². The molecule has 1 aliphatic heterocycles. The van der Waals surface area contributed by atoms with E-state index in [1.54, 1.807) is 39.3 Å². The molecule has 0 spiro atoms. The Morgan fingerprint density at radius 1 is 1.05 bits per heavy atom. The lowest BCUT2D eigenvalue weighted by Crippen LogP contribution is -2.72. The summed E-state index contributed by atoms with van der Waals surface area (Å²) in [6.07, 6.45) is 0.286. The Labute approximate surface area is 329 Å². The maximum atomic E-state index is 14.9. The largest absolute Gasteiger partial charge is 0.496 e. The SMILES string of the molecule is COc1cc(C)ccc1CNC(=O)[C@@]1(C)C2C[C@H](OC(=O)c3ccc(C#N)cc3)[C@@]3(C)Oc4cc(-c5cccnc5)oc(=O)c4C(O)C3[C@@]2(C)CC[C@@H]1OC(C)=O. The van der Waals surface area contributed by atoms with Crippen LogP contribution in [-0.4, -0.2) is 52.9 Å². The maximum Gasteiger partial charge on any atom is 0.345 e. The van der Waals surface area contributed by atoms with Crippen LogP contribution in [0.2, 0.25) is 0 Å². The quantitative estimate of drug-likeness (QED) is 0.199.